The van der Waals surface area contributed by atoms with E-state index in [1.54, 1.807) is 38.1 Å². The number of benzene rings is 3. The first kappa shape index (κ1) is 22.0. The molecule has 0 aliphatic heterocycles. The number of sulfonamides is 1. The van der Waals surface area contributed by atoms with Gasteiger partial charge < -0.3 is 0 Å². The number of halogens is 1. The third kappa shape index (κ3) is 5.26. The molecule has 0 spiro atoms. The standard InChI is InChI=1S/C22H20FN3O4S/c1-14-5-3-4-6-19(14)21(27)24-25-22(28)20-13-18(12-7-15(20)2)31(29,30)26-17-10-8-16(23)9-11-17/h3-13,26H,1-2H3,(H,24,27)(H,25,28). The van der Waals surface area contributed by atoms with Gasteiger partial charge in [-0.3, -0.25) is 25.2 Å². The van der Waals surface area contributed by atoms with Crippen molar-refractivity contribution in [3.63, 3.8) is 0 Å². The Balaban J connectivity index is 1.77. The lowest BCUT2D eigenvalue weighted by Gasteiger charge is -2.13. The largest absolute Gasteiger partial charge is 0.280 e. The number of anilines is 1. The molecular weight excluding hydrogens is 421 g/mol. The molecule has 0 unspecified atom stereocenters. The Morgan fingerprint density at radius 2 is 1.35 bits per heavy atom. The number of hydrogen-bond donors (Lipinski definition) is 3. The molecule has 0 atom stereocenters. The highest BCUT2D eigenvalue weighted by atomic mass is 32.2. The highest BCUT2D eigenvalue weighted by molar-refractivity contribution is 7.92. The van der Waals surface area contributed by atoms with Crippen LogP contribution in [0.4, 0.5) is 10.1 Å². The van der Waals surface area contributed by atoms with Crippen LogP contribution in [0.3, 0.4) is 0 Å². The summed E-state index contributed by atoms with van der Waals surface area (Å²) in [6.45, 7) is 3.41. The highest BCUT2D eigenvalue weighted by Crippen LogP contribution is 2.19. The predicted molar refractivity (Wildman–Crippen MR) is 114 cm³/mol. The van der Waals surface area contributed by atoms with Crippen molar-refractivity contribution < 1.29 is 22.4 Å². The lowest BCUT2D eigenvalue weighted by atomic mass is 10.1. The Morgan fingerprint density at radius 3 is 2.00 bits per heavy atom. The summed E-state index contributed by atoms with van der Waals surface area (Å²) in [6, 6.07) is 15.8. The van der Waals surface area contributed by atoms with Crippen LogP contribution in [0.5, 0.6) is 0 Å². The molecule has 3 rings (SSSR count). The zero-order valence-electron chi connectivity index (χ0n) is 16.8. The van der Waals surface area contributed by atoms with Crippen molar-refractivity contribution >= 4 is 27.5 Å². The molecule has 3 aromatic rings. The maximum absolute atomic E-state index is 13.0. The van der Waals surface area contributed by atoms with E-state index in [-0.39, 0.29) is 16.1 Å². The van der Waals surface area contributed by atoms with Gasteiger partial charge in [-0.15, -0.1) is 0 Å². The fourth-order valence-electron chi connectivity index (χ4n) is 2.82. The quantitative estimate of drug-likeness (QED) is 0.529. The van der Waals surface area contributed by atoms with Crippen LogP contribution in [-0.2, 0) is 10.0 Å². The Hall–Kier alpha value is -3.72. The Kier molecular flexibility index (Phi) is 6.36. The zero-order valence-corrected chi connectivity index (χ0v) is 17.6. The van der Waals surface area contributed by atoms with Crippen LogP contribution in [-0.4, -0.2) is 20.2 Å². The predicted octanol–water partition coefficient (Wildman–Crippen LogP) is 3.32. The number of rotatable bonds is 5. The monoisotopic (exact) mass is 441 g/mol. The van der Waals surface area contributed by atoms with E-state index in [4.69, 9.17) is 0 Å². The number of hydrogen-bond acceptors (Lipinski definition) is 4. The number of carbonyl (C=O) groups is 2. The third-order valence-corrected chi connectivity index (χ3v) is 5.92. The minimum Gasteiger partial charge on any atom is -0.280 e. The molecule has 3 aromatic carbocycles. The molecule has 0 saturated heterocycles. The molecule has 3 N–H and O–H groups in total. The summed E-state index contributed by atoms with van der Waals surface area (Å²) in [7, 11) is -4.02. The van der Waals surface area contributed by atoms with Crippen LogP contribution in [0.2, 0.25) is 0 Å². The molecule has 2 amide bonds. The molecule has 0 fully saturated rings. The average Bonchev–Trinajstić information content (AvgIpc) is 2.73. The summed E-state index contributed by atoms with van der Waals surface area (Å²) >= 11 is 0. The molecule has 0 bridgehead atoms. The number of nitrogens with one attached hydrogen (secondary N) is 3. The van der Waals surface area contributed by atoms with Crippen molar-refractivity contribution in [2.45, 2.75) is 18.7 Å². The number of carbonyl (C=O) groups excluding carboxylic acids is 2. The Bertz CT molecular complexity index is 1240. The minimum atomic E-state index is -4.02. The van der Waals surface area contributed by atoms with Crippen molar-refractivity contribution in [2.75, 3.05) is 4.72 Å². The van der Waals surface area contributed by atoms with Gasteiger partial charge in [0.2, 0.25) is 0 Å². The maximum atomic E-state index is 13.0. The zero-order chi connectivity index (χ0) is 22.6. The van der Waals surface area contributed by atoms with E-state index in [9.17, 15) is 22.4 Å². The van der Waals surface area contributed by atoms with Crippen molar-refractivity contribution in [2.24, 2.45) is 0 Å². The summed E-state index contributed by atoms with van der Waals surface area (Å²) in [4.78, 5) is 24.7. The molecule has 0 radical (unpaired) electrons. The molecule has 0 saturated carbocycles. The van der Waals surface area contributed by atoms with Gasteiger partial charge in [0.05, 0.1) is 4.90 Å². The minimum absolute atomic E-state index is 0.0760. The van der Waals surface area contributed by atoms with Gasteiger partial charge in [0.15, 0.2) is 0 Å². The van der Waals surface area contributed by atoms with E-state index in [0.717, 1.165) is 17.7 Å². The second kappa shape index (κ2) is 8.97. The topological polar surface area (TPSA) is 104 Å². The molecule has 31 heavy (non-hydrogen) atoms. The second-order valence-electron chi connectivity index (χ2n) is 6.81. The maximum Gasteiger partial charge on any atom is 0.270 e. The average molecular weight is 441 g/mol. The van der Waals surface area contributed by atoms with Crippen molar-refractivity contribution in [1.82, 2.24) is 10.9 Å². The summed E-state index contributed by atoms with van der Waals surface area (Å²) in [5.74, 6) is -1.66. The van der Waals surface area contributed by atoms with Crippen molar-refractivity contribution in [1.29, 1.82) is 0 Å². The Labute approximate surface area is 179 Å². The van der Waals surface area contributed by atoms with E-state index < -0.39 is 27.7 Å². The molecule has 7 nitrogen and oxygen atoms in total. The summed E-state index contributed by atoms with van der Waals surface area (Å²) in [5.41, 5.74) is 6.55. The van der Waals surface area contributed by atoms with Crippen molar-refractivity contribution in [3.05, 3.63) is 94.8 Å². The van der Waals surface area contributed by atoms with Gasteiger partial charge >= 0.3 is 0 Å². The van der Waals surface area contributed by atoms with E-state index in [0.29, 0.717) is 11.1 Å². The van der Waals surface area contributed by atoms with E-state index in [2.05, 4.69) is 15.6 Å². The van der Waals surface area contributed by atoms with E-state index in [1.165, 1.54) is 30.3 Å². The smallest absolute Gasteiger partial charge is 0.270 e. The lowest BCUT2D eigenvalue weighted by molar-refractivity contribution is 0.0846. The van der Waals surface area contributed by atoms with Gasteiger partial charge in [0.1, 0.15) is 5.82 Å². The van der Waals surface area contributed by atoms with E-state index >= 15 is 0 Å². The first-order valence-corrected chi connectivity index (χ1v) is 10.7. The fraction of sp³-hybridized carbons (Fsp3) is 0.0909. The molecule has 9 heteroatoms. The van der Waals surface area contributed by atoms with Gasteiger partial charge in [-0.25, -0.2) is 12.8 Å². The SMILES string of the molecule is Cc1ccccc1C(=O)NNC(=O)c1cc(S(=O)(=O)Nc2ccc(F)cc2)ccc1C. The molecule has 0 aliphatic rings. The van der Waals surface area contributed by atoms with Gasteiger partial charge in [0.25, 0.3) is 21.8 Å². The van der Waals surface area contributed by atoms with Crippen LogP contribution in [0.1, 0.15) is 31.8 Å². The van der Waals surface area contributed by atoms with E-state index in [1.807, 2.05) is 0 Å². The summed E-state index contributed by atoms with van der Waals surface area (Å²) < 4.78 is 40.7. The van der Waals surface area contributed by atoms with Crippen LogP contribution in [0, 0.1) is 19.7 Å². The van der Waals surface area contributed by atoms with Gasteiger partial charge in [-0.05, 0) is 67.4 Å². The van der Waals surface area contributed by atoms with Crippen LogP contribution in [0.15, 0.2) is 71.6 Å². The molecule has 0 aliphatic carbocycles. The third-order valence-electron chi connectivity index (χ3n) is 4.54. The fourth-order valence-corrected chi connectivity index (χ4v) is 3.91. The molecule has 0 aromatic heterocycles. The van der Waals surface area contributed by atoms with Crippen LogP contribution >= 0.6 is 0 Å². The Morgan fingerprint density at radius 1 is 0.774 bits per heavy atom. The van der Waals surface area contributed by atoms with Crippen LogP contribution in [0.25, 0.3) is 0 Å². The van der Waals surface area contributed by atoms with Gasteiger partial charge in [-0.2, -0.15) is 0 Å². The molecular formula is C22H20FN3O4S. The molecule has 0 heterocycles. The first-order chi connectivity index (χ1) is 14.7. The number of amides is 2. The summed E-state index contributed by atoms with van der Waals surface area (Å²) in [6.07, 6.45) is 0. The van der Waals surface area contributed by atoms with Crippen LogP contribution < -0.4 is 15.6 Å². The normalized spacial score (nSPS) is 10.9. The van der Waals surface area contributed by atoms with Gasteiger partial charge in [-0.1, -0.05) is 24.3 Å². The summed E-state index contributed by atoms with van der Waals surface area (Å²) in [5, 5.41) is 0. The highest BCUT2D eigenvalue weighted by Gasteiger charge is 2.19. The number of hydrazine groups is 1. The van der Waals surface area contributed by atoms with Crippen molar-refractivity contribution in [3.8, 4) is 0 Å². The molecule has 160 valence electrons. The second-order valence-corrected chi connectivity index (χ2v) is 8.49. The number of aryl methyl sites for hydroxylation is 2. The first-order valence-electron chi connectivity index (χ1n) is 9.23. The van der Waals surface area contributed by atoms with Gasteiger partial charge in [0, 0.05) is 16.8 Å². The lowest BCUT2D eigenvalue weighted by Crippen LogP contribution is -2.42.